The Morgan fingerprint density at radius 2 is 1.89 bits per heavy atom. The van der Waals surface area contributed by atoms with Crippen molar-refractivity contribution >= 4 is 11.9 Å². The van der Waals surface area contributed by atoms with E-state index in [2.05, 4.69) is 15.6 Å². The zero-order valence-corrected chi connectivity index (χ0v) is 9.43. The largest absolute Gasteiger partial charge is 0.340 e. The number of hydrogen-bond donors (Lipinski definition) is 2. The van der Waals surface area contributed by atoms with Gasteiger partial charge in [0.1, 0.15) is 11.9 Å². The van der Waals surface area contributed by atoms with Crippen LogP contribution in [0.1, 0.15) is 18.5 Å². The van der Waals surface area contributed by atoms with Gasteiger partial charge in [0.15, 0.2) is 17.6 Å². The van der Waals surface area contributed by atoms with Crippen LogP contribution in [0.3, 0.4) is 0 Å². The smallest absolute Gasteiger partial charge is 0.254 e. The molecule has 96 valence electrons. The third-order valence-corrected chi connectivity index (χ3v) is 2.45. The maximum Gasteiger partial charge on any atom is 0.254 e. The summed E-state index contributed by atoms with van der Waals surface area (Å²) in [5, 5.41) is 4.99. The monoisotopic (exact) mass is 257 g/mol. The Labute approximate surface area is 101 Å². The van der Waals surface area contributed by atoms with Gasteiger partial charge in [-0.25, -0.2) is 13.2 Å². The predicted octanol–water partition coefficient (Wildman–Crippen LogP) is 1.24. The van der Waals surface area contributed by atoms with E-state index in [1.54, 1.807) is 6.92 Å². The average molecular weight is 257 g/mol. The number of benzene rings is 1. The molecule has 7 heteroatoms. The first-order valence-corrected chi connectivity index (χ1v) is 5.29. The van der Waals surface area contributed by atoms with Crippen molar-refractivity contribution in [1.29, 1.82) is 0 Å². The molecule has 1 aliphatic heterocycles. The molecule has 1 aromatic carbocycles. The van der Waals surface area contributed by atoms with Crippen LogP contribution < -0.4 is 10.6 Å². The Morgan fingerprint density at radius 3 is 2.56 bits per heavy atom. The lowest BCUT2D eigenvalue weighted by Crippen LogP contribution is -2.25. The maximum absolute atomic E-state index is 13.5. The summed E-state index contributed by atoms with van der Waals surface area (Å²) in [5.41, 5.74) is -0.257. The van der Waals surface area contributed by atoms with Gasteiger partial charge < -0.3 is 5.32 Å². The van der Waals surface area contributed by atoms with E-state index in [-0.39, 0.29) is 11.5 Å². The number of rotatable bonds is 2. The Morgan fingerprint density at radius 1 is 1.22 bits per heavy atom. The number of guanidine groups is 1. The van der Waals surface area contributed by atoms with Crippen molar-refractivity contribution in [3.8, 4) is 0 Å². The quantitative estimate of drug-likeness (QED) is 0.783. The van der Waals surface area contributed by atoms with Crippen LogP contribution in [-0.2, 0) is 4.79 Å². The Bertz CT molecular complexity index is 531. The molecule has 0 spiro atoms. The van der Waals surface area contributed by atoms with Gasteiger partial charge >= 0.3 is 0 Å². The van der Waals surface area contributed by atoms with E-state index in [9.17, 15) is 18.0 Å². The van der Waals surface area contributed by atoms with E-state index in [4.69, 9.17) is 0 Å². The highest BCUT2D eigenvalue weighted by Crippen LogP contribution is 2.22. The predicted molar refractivity (Wildman–Crippen MR) is 58.3 cm³/mol. The average Bonchev–Trinajstić information content (AvgIpc) is 2.65. The minimum atomic E-state index is -1.29. The lowest BCUT2D eigenvalue weighted by molar-refractivity contribution is -0.120. The number of hydrogen-bond acceptors (Lipinski definition) is 2. The number of carbonyl (C=O) groups is 1. The number of aliphatic imine (C=N–C) groups is 1. The molecule has 1 atom stereocenters. The highest BCUT2D eigenvalue weighted by Gasteiger charge is 2.32. The summed E-state index contributed by atoms with van der Waals surface area (Å²) in [6.45, 7) is 2.18. The van der Waals surface area contributed by atoms with Crippen LogP contribution in [0.15, 0.2) is 17.1 Å². The fourth-order valence-electron chi connectivity index (χ4n) is 1.65. The van der Waals surface area contributed by atoms with Crippen molar-refractivity contribution in [2.75, 3.05) is 6.54 Å². The van der Waals surface area contributed by atoms with Crippen LogP contribution in [0.2, 0.25) is 0 Å². The highest BCUT2D eigenvalue weighted by molar-refractivity contribution is 6.06. The van der Waals surface area contributed by atoms with Gasteiger partial charge in [-0.15, -0.1) is 0 Å². The molecule has 1 aromatic rings. The third-order valence-electron chi connectivity index (χ3n) is 2.45. The van der Waals surface area contributed by atoms with Gasteiger partial charge in [0.2, 0.25) is 0 Å². The molecule has 0 aromatic heterocycles. The summed E-state index contributed by atoms with van der Waals surface area (Å²) in [6.07, 6.45) is 0. The van der Waals surface area contributed by atoms with Crippen molar-refractivity contribution in [1.82, 2.24) is 10.6 Å². The summed E-state index contributed by atoms with van der Waals surface area (Å²) in [5.74, 6) is -3.86. The summed E-state index contributed by atoms with van der Waals surface area (Å²) in [7, 11) is 0. The second kappa shape index (κ2) is 4.67. The summed E-state index contributed by atoms with van der Waals surface area (Å²) in [4.78, 5) is 15.5. The molecule has 1 saturated heterocycles. The molecule has 0 radical (unpaired) electrons. The SMILES string of the molecule is CCN=C1NC(=O)C(c2cc(F)c(F)cc2F)N1. The molecule has 1 unspecified atom stereocenters. The second-order valence-corrected chi connectivity index (χ2v) is 3.68. The van der Waals surface area contributed by atoms with Crippen molar-refractivity contribution in [2.24, 2.45) is 4.99 Å². The first-order chi connectivity index (χ1) is 8.52. The van der Waals surface area contributed by atoms with E-state index in [0.29, 0.717) is 18.7 Å². The molecule has 18 heavy (non-hydrogen) atoms. The van der Waals surface area contributed by atoms with Crippen LogP contribution in [-0.4, -0.2) is 18.4 Å². The molecule has 0 bridgehead atoms. The van der Waals surface area contributed by atoms with Gasteiger partial charge in [-0.3, -0.25) is 15.1 Å². The highest BCUT2D eigenvalue weighted by atomic mass is 19.2. The first-order valence-electron chi connectivity index (χ1n) is 5.29. The van der Waals surface area contributed by atoms with Gasteiger partial charge in [0, 0.05) is 18.2 Å². The van der Waals surface area contributed by atoms with Crippen molar-refractivity contribution in [3.05, 3.63) is 35.1 Å². The summed E-state index contributed by atoms with van der Waals surface area (Å²) >= 11 is 0. The zero-order valence-electron chi connectivity index (χ0n) is 9.43. The van der Waals surface area contributed by atoms with E-state index in [1.807, 2.05) is 0 Å². The van der Waals surface area contributed by atoms with E-state index >= 15 is 0 Å². The molecule has 0 saturated carbocycles. The fraction of sp³-hybridized carbons (Fsp3) is 0.273. The van der Waals surface area contributed by atoms with Crippen LogP contribution in [0.25, 0.3) is 0 Å². The molecule has 0 aliphatic carbocycles. The number of nitrogens with zero attached hydrogens (tertiary/aromatic N) is 1. The molecule has 1 amide bonds. The molecule has 1 heterocycles. The second-order valence-electron chi connectivity index (χ2n) is 3.68. The normalized spacial score (nSPS) is 21.0. The molecule has 4 nitrogen and oxygen atoms in total. The zero-order chi connectivity index (χ0) is 13.3. The number of halogens is 3. The minimum absolute atomic E-state index is 0.191. The number of amides is 1. The Hall–Kier alpha value is -2.05. The standard InChI is InChI=1S/C11H10F3N3O/c1-2-15-11-16-9(10(18)17-11)5-3-7(13)8(14)4-6(5)12/h3-4,9H,2H2,1H3,(H2,15,16,17,18). The summed E-state index contributed by atoms with van der Waals surface area (Å²) in [6, 6.07) is -0.0313. The van der Waals surface area contributed by atoms with E-state index in [1.165, 1.54) is 0 Å². The topological polar surface area (TPSA) is 53.5 Å². The number of nitrogens with one attached hydrogen (secondary N) is 2. The molecule has 2 rings (SSSR count). The van der Waals surface area contributed by atoms with Crippen LogP contribution in [0, 0.1) is 17.5 Å². The molecule has 2 N–H and O–H groups in total. The molecule has 1 fully saturated rings. The Kier molecular flexibility index (Phi) is 3.22. The van der Waals surface area contributed by atoms with Gasteiger partial charge in [-0.1, -0.05) is 0 Å². The van der Waals surface area contributed by atoms with Gasteiger partial charge in [0.05, 0.1) is 0 Å². The van der Waals surface area contributed by atoms with Crippen LogP contribution in [0.4, 0.5) is 13.2 Å². The van der Waals surface area contributed by atoms with Crippen LogP contribution in [0.5, 0.6) is 0 Å². The maximum atomic E-state index is 13.5. The minimum Gasteiger partial charge on any atom is -0.340 e. The van der Waals surface area contributed by atoms with E-state index in [0.717, 1.165) is 0 Å². The first kappa shape index (κ1) is 12.4. The summed E-state index contributed by atoms with van der Waals surface area (Å²) < 4.78 is 39.3. The Balaban J connectivity index is 2.36. The van der Waals surface area contributed by atoms with Gasteiger partial charge in [-0.05, 0) is 13.0 Å². The number of carbonyl (C=O) groups excluding carboxylic acids is 1. The molecular weight excluding hydrogens is 247 g/mol. The van der Waals surface area contributed by atoms with Gasteiger partial charge in [0.25, 0.3) is 5.91 Å². The lowest BCUT2D eigenvalue weighted by Gasteiger charge is -2.09. The van der Waals surface area contributed by atoms with E-state index < -0.39 is 29.4 Å². The lowest BCUT2D eigenvalue weighted by atomic mass is 10.1. The van der Waals surface area contributed by atoms with Crippen molar-refractivity contribution in [3.63, 3.8) is 0 Å². The van der Waals surface area contributed by atoms with Crippen molar-refractivity contribution < 1.29 is 18.0 Å². The van der Waals surface area contributed by atoms with Crippen molar-refractivity contribution in [2.45, 2.75) is 13.0 Å². The van der Waals surface area contributed by atoms with Gasteiger partial charge in [-0.2, -0.15) is 0 Å². The van der Waals surface area contributed by atoms with Crippen LogP contribution >= 0.6 is 0 Å². The third kappa shape index (κ3) is 2.15. The fourth-order valence-corrected chi connectivity index (χ4v) is 1.65. The molecule has 1 aliphatic rings. The molecular formula is C11H10F3N3O.